The minimum absolute atomic E-state index is 0.140. The van der Waals surface area contributed by atoms with Gasteiger partial charge in [-0.25, -0.2) is 8.78 Å². The maximum Gasteiger partial charge on any atom is 0.416 e. The topological polar surface area (TPSA) is 41.1 Å². The van der Waals surface area contributed by atoms with E-state index in [1.54, 1.807) is 6.07 Å². The molecule has 10 heteroatoms. The van der Waals surface area contributed by atoms with Gasteiger partial charge in [-0.1, -0.05) is 29.8 Å². The van der Waals surface area contributed by atoms with Crippen molar-refractivity contribution in [2.45, 2.75) is 36.2 Å². The third-order valence-corrected chi connectivity index (χ3v) is 7.57. The van der Waals surface area contributed by atoms with E-state index >= 15 is 0 Å². The van der Waals surface area contributed by atoms with Crippen LogP contribution < -0.4 is 10.6 Å². The number of hydrogen-bond donors (Lipinski definition) is 2. The summed E-state index contributed by atoms with van der Waals surface area (Å²) in [6.07, 6.45) is -2.91. The molecule has 1 amide bonds. The largest absolute Gasteiger partial charge is 0.416 e. The van der Waals surface area contributed by atoms with Crippen molar-refractivity contribution < 1.29 is 26.7 Å². The maximum absolute atomic E-state index is 14.7. The number of fused-ring (bicyclic) bond motifs is 1. The van der Waals surface area contributed by atoms with E-state index in [2.05, 4.69) is 10.6 Å². The Hall–Kier alpha value is -2.62. The van der Waals surface area contributed by atoms with Crippen molar-refractivity contribution in [3.05, 3.63) is 98.6 Å². The molecule has 0 unspecified atom stereocenters. The van der Waals surface area contributed by atoms with Crippen molar-refractivity contribution in [1.29, 1.82) is 0 Å². The van der Waals surface area contributed by atoms with Crippen LogP contribution in [0.1, 0.15) is 38.2 Å². The van der Waals surface area contributed by atoms with Crippen LogP contribution >= 0.6 is 23.4 Å². The molecule has 0 aromatic heterocycles. The molecule has 36 heavy (non-hydrogen) atoms. The molecule has 0 spiro atoms. The van der Waals surface area contributed by atoms with Crippen LogP contribution in [-0.2, 0) is 31.3 Å². The Bertz CT molecular complexity index is 1280. The van der Waals surface area contributed by atoms with Crippen molar-refractivity contribution in [2.24, 2.45) is 0 Å². The SMILES string of the molecule is O=C(NCc1ccc(C(F)(F)F)cc1F)c1ccc(CSc2c(Cl)ccc3c2CCNCC3)cc1F. The van der Waals surface area contributed by atoms with Crippen LogP contribution in [-0.4, -0.2) is 19.0 Å². The first kappa shape index (κ1) is 26.4. The Morgan fingerprint density at radius 3 is 2.50 bits per heavy atom. The summed E-state index contributed by atoms with van der Waals surface area (Å²) >= 11 is 7.97. The maximum atomic E-state index is 14.7. The van der Waals surface area contributed by atoms with E-state index < -0.39 is 29.3 Å². The van der Waals surface area contributed by atoms with Crippen molar-refractivity contribution in [3.63, 3.8) is 0 Å². The smallest absolute Gasteiger partial charge is 0.348 e. The molecule has 3 aromatic rings. The highest BCUT2D eigenvalue weighted by molar-refractivity contribution is 7.98. The van der Waals surface area contributed by atoms with Crippen molar-refractivity contribution in [2.75, 3.05) is 13.1 Å². The molecule has 0 radical (unpaired) electrons. The van der Waals surface area contributed by atoms with Crippen LogP contribution in [0.4, 0.5) is 22.0 Å². The molecule has 0 aliphatic carbocycles. The highest BCUT2D eigenvalue weighted by Gasteiger charge is 2.31. The summed E-state index contributed by atoms with van der Waals surface area (Å²) in [4.78, 5) is 13.4. The molecule has 4 rings (SSSR count). The van der Waals surface area contributed by atoms with Gasteiger partial charge in [0.05, 0.1) is 16.1 Å². The Morgan fingerprint density at radius 1 is 1.00 bits per heavy atom. The average Bonchev–Trinajstić information content (AvgIpc) is 3.07. The van der Waals surface area contributed by atoms with Crippen LogP contribution in [0.3, 0.4) is 0 Å². The lowest BCUT2D eigenvalue weighted by Gasteiger charge is -2.14. The molecule has 0 atom stereocenters. The van der Waals surface area contributed by atoms with Gasteiger partial charge in [0, 0.05) is 22.8 Å². The number of rotatable bonds is 6. The van der Waals surface area contributed by atoms with Crippen molar-refractivity contribution >= 4 is 29.3 Å². The predicted octanol–water partition coefficient (Wildman–Crippen LogP) is 6.55. The molecule has 1 aliphatic rings. The zero-order valence-electron chi connectivity index (χ0n) is 18.9. The second kappa shape index (κ2) is 11.2. The highest BCUT2D eigenvalue weighted by atomic mass is 35.5. The minimum atomic E-state index is -4.67. The van der Waals surface area contributed by atoms with Gasteiger partial charge in [-0.05, 0) is 73.0 Å². The average molecular weight is 541 g/mol. The van der Waals surface area contributed by atoms with Crippen LogP contribution in [0.25, 0.3) is 0 Å². The normalized spacial score (nSPS) is 13.7. The molecule has 3 aromatic carbocycles. The zero-order chi connectivity index (χ0) is 25.9. The van der Waals surface area contributed by atoms with E-state index in [4.69, 9.17) is 11.6 Å². The minimum Gasteiger partial charge on any atom is -0.348 e. The molecule has 0 fully saturated rings. The lowest BCUT2D eigenvalue weighted by atomic mass is 10.0. The zero-order valence-corrected chi connectivity index (χ0v) is 20.5. The molecule has 190 valence electrons. The summed E-state index contributed by atoms with van der Waals surface area (Å²) in [6, 6.07) is 10.2. The van der Waals surface area contributed by atoms with E-state index in [0.29, 0.717) is 22.4 Å². The number of hydrogen-bond acceptors (Lipinski definition) is 3. The van der Waals surface area contributed by atoms with Gasteiger partial charge in [-0.3, -0.25) is 4.79 Å². The summed E-state index contributed by atoms with van der Waals surface area (Å²) in [5.74, 6) is -2.21. The number of nitrogens with one attached hydrogen (secondary N) is 2. The van der Waals surface area contributed by atoms with Crippen LogP contribution in [0.15, 0.2) is 53.4 Å². The van der Waals surface area contributed by atoms with Gasteiger partial charge in [-0.2, -0.15) is 13.2 Å². The first-order chi connectivity index (χ1) is 17.1. The Kier molecular flexibility index (Phi) is 8.22. The summed E-state index contributed by atoms with van der Waals surface area (Å²) in [6.45, 7) is 1.38. The monoisotopic (exact) mass is 540 g/mol. The molecule has 3 nitrogen and oxygen atoms in total. The first-order valence-electron chi connectivity index (χ1n) is 11.2. The van der Waals surface area contributed by atoms with E-state index in [1.807, 2.05) is 12.1 Å². The predicted molar refractivity (Wildman–Crippen MR) is 130 cm³/mol. The van der Waals surface area contributed by atoms with Crippen LogP contribution in [0.2, 0.25) is 5.02 Å². The fourth-order valence-electron chi connectivity index (χ4n) is 3.99. The molecule has 0 saturated carbocycles. The second-order valence-corrected chi connectivity index (χ2v) is 9.75. The third kappa shape index (κ3) is 6.19. The Balaban J connectivity index is 1.41. The number of amides is 1. The second-order valence-electron chi connectivity index (χ2n) is 8.35. The molecular weight excluding hydrogens is 519 g/mol. The van der Waals surface area contributed by atoms with E-state index in [1.165, 1.54) is 35.0 Å². The summed E-state index contributed by atoms with van der Waals surface area (Å²) < 4.78 is 66.8. The summed E-state index contributed by atoms with van der Waals surface area (Å²) in [5, 5.41) is 6.36. The van der Waals surface area contributed by atoms with E-state index in [9.17, 15) is 26.7 Å². The van der Waals surface area contributed by atoms with Crippen LogP contribution in [0.5, 0.6) is 0 Å². The summed E-state index contributed by atoms with van der Waals surface area (Å²) in [5.41, 5.74) is 1.59. The molecule has 0 saturated heterocycles. The van der Waals surface area contributed by atoms with Gasteiger partial charge in [0.15, 0.2) is 0 Å². The lowest BCUT2D eigenvalue weighted by molar-refractivity contribution is -0.137. The number of carbonyl (C=O) groups excluding carboxylic acids is 1. The van der Waals surface area contributed by atoms with Gasteiger partial charge in [0.1, 0.15) is 11.6 Å². The van der Waals surface area contributed by atoms with Crippen molar-refractivity contribution in [1.82, 2.24) is 10.6 Å². The number of thioether (sulfide) groups is 1. The standard InChI is InChI=1S/C26H22ClF5N2OS/c27-21-6-3-16-7-9-33-10-8-19(16)24(21)36-14-15-1-5-20(23(29)11-15)25(35)34-13-17-2-4-18(12-22(17)28)26(30,31)32/h1-6,11-12,33H,7-10,13-14H2,(H,34,35). The fourth-order valence-corrected chi connectivity index (χ4v) is 5.44. The quantitative estimate of drug-likeness (QED) is 0.275. The molecule has 2 N–H and O–H groups in total. The van der Waals surface area contributed by atoms with Crippen LogP contribution in [0, 0.1) is 11.6 Å². The summed E-state index contributed by atoms with van der Waals surface area (Å²) in [7, 11) is 0. The van der Waals surface area contributed by atoms with E-state index in [-0.39, 0.29) is 17.7 Å². The van der Waals surface area contributed by atoms with E-state index in [0.717, 1.165) is 43.0 Å². The number of benzene rings is 3. The third-order valence-electron chi connectivity index (χ3n) is 5.91. The van der Waals surface area contributed by atoms with Gasteiger partial charge < -0.3 is 10.6 Å². The van der Waals surface area contributed by atoms with Gasteiger partial charge in [-0.15, -0.1) is 11.8 Å². The Labute approximate surface area is 214 Å². The van der Waals surface area contributed by atoms with Gasteiger partial charge in [0.25, 0.3) is 5.91 Å². The number of alkyl halides is 3. The van der Waals surface area contributed by atoms with Gasteiger partial charge in [0.2, 0.25) is 0 Å². The lowest BCUT2D eigenvalue weighted by Crippen LogP contribution is -2.24. The molecular formula is C26H22ClF5N2OS. The first-order valence-corrected chi connectivity index (χ1v) is 12.6. The molecule has 1 heterocycles. The fraction of sp³-hybridized carbons (Fsp3) is 0.269. The number of halogens is 6. The Morgan fingerprint density at radius 2 is 1.78 bits per heavy atom. The van der Waals surface area contributed by atoms with Crippen molar-refractivity contribution in [3.8, 4) is 0 Å². The molecule has 1 aliphatic heterocycles. The number of carbonyl (C=O) groups is 1. The highest BCUT2D eigenvalue weighted by Crippen LogP contribution is 2.36. The van der Waals surface area contributed by atoms with Gasteiger partial charge >= 0.3 is 6.18 Å². The molecule has 0 bridgehead atoms.